The van der Waals surface area contributed by atoms with Gasteiger partial charge in [-0.25, -0.2) is 9.97 Å². The number of rotatable bonds is 4. The Morgan fingerprint density at radius 3 is 2.95 bits per heavy atom. The standard InChI is InChI=1S/C15H14BrClN4/c1-10-7-18-5-3-11(10)9-21-14(2-4-17)20-13-6-12(16)8-19-15(13)21/h3,5-8H,2,4,9H2,1H3. The zero-order valence-corrected chi connectivity index (χ0v) is 13.9. The summed E-state index contributed by atoms with van der Waals surface area (Å²) in [6.45, 7) is 2.79. The number of imidazole rings is 1. The van der Waals surface area contributed by atoms with Crippen molar-refractivity contribution >= 4 is 38.7 Å². The number of aromatic nitrogens is 4. The molecular formula is C15H14BrClN4. The van der Waals surface area contributed by atoms with Crippen molar-refractivity contribution in [3.8, 4) is 0 Å². The van der Waals surface area contributed by atoms with Crippen LogP contribution in [0.5, 0.6) is 0 Å². The van der Waals surface area contributed by atoms with Gasteiger partial charge in [-0.15, -0.1) is 11.6 Å². The van der Waals surface area contributed by atoms with Crippen molar-refractivity contribution in [2.24, 2.45) is 0 Å². The number of pyridine rings is 2. The van der Waals surface area contributed by atoms with E-state index < -0.39 is 0 Å². The molecule has 6 heteroatoms. The van der Waals surface area contributed by atoms with Crippen LogP contribution in [0.25, 0.3) is 11.2 Å². The highest BCUT2D eigenvalue weighted by Gasteiger charge is 2.13. The van der Waals surface area contributed by atoms with Gasteiger partial charge in [0.25, 0.3) is 0 Å². The largest absolute Gasteiger partial charge is 0.308 e. The van der Waals surface area contributed by atoms with Gasteiger partial charge < -0.3 is 4.57 Å². The van der Waals surface area contributed by atoms with Crippen LogP contribution in [0.3, 0.4) is 0 Å². The smallest absolute Gasteiger partial charge is 0.160 e. The quantitative estimate of drug-likeness (QED) is 0.662. The number of fused-ring (bicyclic) bond motifs is 1. The first-order chi connectivity index (χ1) is 10.2. The zero-order chi connectivity index (χ0) is 14.8. The third kappa shape index (κ3) is 2.94. The van der Waals surface area contributed by atoms with E-state index >= 15 is 0 Å². The van der Waals surface area contributed by atoms with E-state index in [2.05, 4.69) is 42.4 Å². The summed E-state index contributed by atoms with van der Waals surface area (Å²) in [6, 6.07) is 4.01. The number of hydrogen-bond acceptors (Lipinski definition) is 3. The first kappa shape index (κ1) is 14.5. The lowest BCUT2D eigenvalue weighted by atomic mass is 10.1. The molecule has 0 unspecified atom stereocenters. The third-order valence-corrected chi connectivity index (χ3v) is 4.04. The van der Waals surface area contributed by atoms with Crippen molar-refractivity contribution in [2.45, 2.75) is 19.9 Å². The molecule has 3 rings (SSSR count). The van der Waals surface area contributed by atoms with Gasteiger partial charge in [-0.1, -0.05) is 0 Å². The molecule has 0 saturated heterocycles. The van der Waals surface area contributed by atoms with Crippen LogP contribution in [0.15, 0.2) is 35.2 Å². The maximum absolute atomic E-state index is 5.91. The van der Waals surface area contributed by atoms with Crippen molar-refractivity contribution in [3.63, 3.8) is 0 Å². The molecule has 21 heavy (non-hydrogen) atoms. The second kappa shape index (κ2) is 6.12. The lowest BCUT2D eigenvalue weighted by Gasteiger charge is -2.10. The van der Waals surface area contributed by atoms with Crippen molar-refractivity contribution < 1.29 is 0 Å². The van der Waals surface area contributed by atoms with E-state index in [1.807, 2.05) is 24.5 Å². The Hall–Kier alpha value is -1.46. The number of halogens is 2. The molecule has 3 heterocycles. The van der Waals surface area contributed by atoms with Crippen LogP contribution in [0.4, 0.5) is 0 Å². The molecule has 0 aromatic carbocycles. The fourth-order valence-electron chi connectivity index (χ4n) is 2.32. The van der Waals surface area contributed by atoms with Gasteiger partial charge in [0.2, 0.25) is 0 Å². The highest BCUT2D eigenvalue weighted by Crippen LogP contribution is 2.21. The molecular weight excluding hydrogens is 352 g/mol. The van der Waals surface area contributed by atoms with Crippen molar-refractivity contribution in [1.82, 2.24) is 19.5 Å². The Labute approximate surface area is 136 Å². The Morgan fingerprint density at radius 1 is 1.33 bits per heavy atom. The molecule has 0 radical (unpaired) electrons. The molecule has 4 nitrogen and oxygen atoms in total. The average molecular weight is 366 g/mol. The van der Waals surface area contributed by atoms with E-state index in [4.69, 9.17) is 11.6 Å². The maximum Gasteiger partial charge on any atom is 0.160 e. The first-order valence-electron chi connectivity index (χ1n) is 6.65. The van der Waals surface area contributed by atoms with Crippen LogP contribution >= 0.6 is 27.5 Å². The highest BCUT2D eigenvalue weighted by molar-refractivity contribution is 9.10. The fourth-order valence-corrected chi connectivity index (χ4v) is 2.81. The summed E-state index contributed by atoms with van der Waals surface area (Å²) in [5.74, 6) is 1.50. The lowest BCUT2D eigenvalue weighted by Crippen LogP contribution is -2.08. The predicted octanol–water partition coefficient (Wildman–Crippen LogP) is 3.73. The molecule has 0 N–H and O–H groups in total. The maximum atomic E-state index is 5.91. The van der Waals surface area contributed by atoms with Crippen LogP contribution in [0, 0.1) is 6.92 Å². The van der Waals surface area contributed by atoms with Gasteiger partial charge in [-0.05, 0) is 46.1 Å². The molecule has 0 aliphatic rings. The van der Waals surface area contributed by atoms with Gasteiger partial charge in [-0.3, -0.25) is 4.98 Å². The Balaban J connectivity index is 2.11. The second-order valence-corrected chi connectivity index (χ2v) is 6.15. The van der Waals surface area contributed by atoms with Crippen LogP contribution < -0.4 is 0 Å². The summed E-state index contributed by atoms with van der Waals surface area (Å²) in [5.41, 5.74) is 4.14. The lowest BCUT2D eigenvalue weighted by molar-refractivity contribution is 0.743. The number of alkyl halides is 1. The van der Waals surface area contributed by atoms with Crippen LogP contribution in [-0.2, 0) is 13.0 Å². The summed E-state index contributed by atoms with van der Waals surface area (Å²) in [6.07, 6.45) is 6.20. The third-order valence-electron chi connectivity index (χ3n) is 3.41. The van der Waals surface area contributed by atoms with Gasteiger partial charge >= 0.3 is 0 Å². The summed E-state index contributed by atoms with van der Waals surface area (Å²) in [7, 11) is 0. The van der Waals surface area contributed by atoms with Gasteiger partial charge in [0.1, 0.15) is 11.3 Å². The summed E-state index contributed by atoms with van der Waals surface area (Å²) >= 11 is 9.35. The molecule has 0 aliphatic heterocycles. The minimum atomic E-state index is 0.541. The molecule has 0 fully saturated rings. The van der Waals surface area contributed by atoms with Crippen molar-refractivity contribution in [3.05, 3.63) is 52.1 Å². The molecule has 0 amide bonds. The Bertz CT molecular complexity index is 784. The molecule has 3 aromatic rings. The molecule has 3 aromatic heterocycles. The van der Waals surface area contributed by atoms with Crippen LogP contribution in [0.1, 0.15) is 17.0 Å². The van der Waals surface area contributed by atoms with Gasteiger partial charge in [0, 0.05) is 35.4 Å². The van der Waals surface area contributed by atoms with E-state index in [-0.39, 0.29) is 0 Å². The highest BCUT2D eigenvalue weighted by atomic mass is 79.9. The average Bonchev–Trinajstić information content (AvgIpc) is 2.79. The normalized spacial score (nSPS) is 11.2. The van der Waals surface area contributed by atoms with E-state index in [0.29, 0.717) is 5.88 Å². The minimum absolute atomic E-state index is 0.541. The topological polar surface area (TPSA) is 43.6 Å². The predicted molar refractivity (Wildman–Crippen MR) is 87.7 cm³/mol. The van der Waals surface area contributed by atoms with Gasteiger partial charge in [-0.2, -0.15) is 0 Å². The molecule has 0 atom stereocenters. The van der Waals surface area contributed by atoms with Crippen LogP contribution in [0.2, 0.25) is 0 Å². The number of hydrogen-bond donors (Lipinski definition) is 0. The number of nitrogens with zero attached hydrogens (tertiary/aromatic N) is 4. The second-order valence-electron chi connectivity index (χ2n) is 4.85. The minimum Gasteiger partial charge on any atom is -0.308 e. The molecule has 108 valence electrons. The summed E-state index contributed by atoms with van der Waals surface area (Å²) in [5, 5.41) is 0. The summed E-state index contributed by atoms with van der Waals surface area (Å²) in [4.78, 5) is 13.3. The van der Waals surface area contributed by atoms with Gasteiger partial charge in [0.05, 0.1) is 6.54 Å². The fraction of sp³-hybridized carbons (Fsp3) is 0.267. The van der Waals surface area contributed by atoms with Crippen molar-refractivity contribution in [1.29, 1.82) is 0 Å². The van der Waals surface area contributed by atoms with E-state index in [1.54, 1.807) is 6.20 Å². The van der Waals surface area contributed by atoms with E-state index in [0.717, 1.165) is 40.0 Å². The van der Waals surface area contributed by atoms with Crippen molar-refractivity contribution in [2.75, 3.05) is 5.88 Å². The monoisotopic (exact) mass is 364 g/mol. The van der Waals surface area contributed by atoms with Crippen LogP contribution in [-0.4, -0.2) is 25.4 Å². The first-order valence-corrected chi connectivity index (χ1v) is 7.98. The molecule has 0 saturated carbocycles. The van der Waals surface area contributed by atoms with Gasteiger partial charge in [0.15, 0.2) is 5.65 Å². The van der Waals surface area contributed by atoms with E-state index in [1.165, 1.54) is 5.56 Å². The Kier molecular flexibility index (Phi) is 4.22. The zero-order valence-electron chi connectivity index (χ0n) is 11.6. The SMILES string of the molecule is Cc1cnccc1Cn1c(CCCl)nc2cc(Br)cnc21. The summed E-state index contributed by atoms with van der Waals surface area (Å²) < 4.78 is 3.06. The number of aryl methyl sites for hydroxylation is 2. The van der Waals surface area contributed by atoms with E-state index in [9.17, 15) is 0 Å². The molecule has 0 aliphatic carbocycles. The molecule has 0 bridgehead atoms. The Morgan fingerprint density at radius 2 is 2.19 bits per heavy atom. The molecule has 0 spiro atoms.